The number of carbonyl (C=O) groups excluding carboxylic acids is 2. The molecule has 3 rings (SSSR count). The lowest BCUT2D eigenvalue weighted by Gasteiger charge is -2.16. The number of anilines is 4. The van der Waals surface area contributed by atoms with Gasteiger partial charge in [0.2, 0.25) is 5.91 Å². The van der Waals surface area contributed by atoms with E-state index in [1.807, 2.05) is 0 Å². The van der Waals surface area contributed by atoms with Gasteiger partial charge in [-0.1, -0.05) is 0 Å². The summed E-state index contributed by atoms with van der Waals surface area (Å²) < 4.78 is 18.4. The minimum atomic E-state index is -0.590. The van der Waals surface area contributed by atoms with Gasteiger partial charge in [0.1, 0.15) is 23.2 Å². The summed E-state index contributed by atoms with van der Waals surface area (Å²) in [5.74, 6) is -0.293. The largest absolute Gasteiger partial charge is 0.495 e. The number of aromatic nitrogens is 2. The van der Waals surface area contributed by atoms with Crippen LogP contribution in [0.5, 0.6) is 5.75 Å². The van der Waals surface area contributed by atoms with Crippen LogP contribution < -0.4 is 26.4 Å². The lowest BCUT2D eigenvalue weighted by molar-refractivity contribution is 0.0962. The van der Waals surface area contributed by atoms with E-state index in [2.05, 4.69) is 25.9 Å². The highest BCUT2D eigenvalue weighted by Gasteiger charge is 2.15. The zero-order valence-corrected chi connectivity index (χ0v) is 16.2. The first-order valence-corrected chi connectivity index (χ1v) is 8.77. The molecule has 0 aliphatic rings. The highest BCUT2D eigenvalue weighted by Crippen LogP contribution is 2.31. The van der Waals surface area contributed by atoms with E-state index in [1.54, 1.807) is 12.1 Å². The van der Waals surface area contributed by atoms with Crippen molar-refractivity contribution in [2.24, 2.45) is 5.73 Å². The first kappa shape index (κ1) is 20.5. The van der Waals surface area contributed by atoms with Gasteiger partial charge in [-0.3, -0.25) is 9.59 Å². The Morgan fingerprint density at radius 2 is 1.77 bits per heavy atom. The molecule has 0 spiro atoms. The third-order valence-corrected chi connectivity index (χ3v) is 4.11. The van der Waals surface area contributed by atoms with Gasteiger partial charge in [0.25, 0.3) is 5.91 Å². The van der Waals surface area contributed by atoms with Gasteiger partial charge >= 0.3 is 0 Å². The molecule has 5 N–H and O–H groups in total. The summed E-state index contributed by atoms with van der Waals surface area (Å²) in [7, 11) is 2.95. The topological polar surface area (TPSA) is 131 Å². The number of hydrogen-bond donors (Lipinski definition) is 4. The van der Waals surface area contributed by atoms with Crippen LogP contribution in [0.1, 0.15) is 20.7 Å². The Bertz CT molecular complexity index is 1090. The third kappa shape index (κ3) is 4.61. The number of amides is 2. The second-order valence-corrected chi connectivity index (χ2v) is 6.09. The molecule has 0 radical (unpaired) electrons. The van der Waals surface area contributed by atoms with Gasteiger partial charge < -0.3 is 26.4 Å². The molecule has 2 amide bonds. The molecule has 9 nitrogen and oxygen atoms in total. The van der Waals surface area contributed by atoms with Gasteiger partial charge in [-0.05, 0) is 30.3 Å². The normalized spacial score (nSPS) is 10.2. The summed E-state index contributed by atoms with van der Waals surface area (Å²) in [5, 5.41) is 8.60. The number of benzene rings is 1. The minimum absolute atomic E-state index is 0.274. The first-order chi connectivity index (χ1) is 14.4. The number of nitrogens with two attached hydrogens (primary N) is 1. The number of rotatable bonds is 7. The monoisotopic (exact) mass is 410 g/mol. The average molecular weight is 410 g/mol. The smallest absolute Gasteiger partial charge is 0.254 e. The predicted octanol–water partition coefficient (Wildman–Crippen LogP) is 2.57. The van der Waals surface area contributed by atoms with Crippen LogP contribution in [0, 0.1) is 5.82 Å². The second-order valence-electron chi connectivity index (χ2n) is 6.09. The Morgan fingerprint density at radius 1 is 1.00 bits per heavy atom. The van der Waals surface area contributed by atoms with E-state index in [0.29, 0.717) is 28.8 Å². The fourth-order valence-electron chi connectivity index (χ4n) is 2.62. The van der Waals surface area contributed by atoms with Crippen molar-refractivity contribution < 1.29 is 18.7 Å². The molecule has 1 aromatic carbocycles. The molecule has 0 unspecified atom stereocenters. The van der Waals surface area contributed by atoms with Crippen molar-refractivity contribution in [3.63, 3.8) is 0 Å². The molecular formula is C20H19FN6O3. The van der Waals surface area contributed by atoms with Gasteiger partial charge in [-0.25, -0.2) is 14.4 Å². The van der Waals surface area contributed by atoms with E-state index in [-0.39, 0.29) is 17.0 Å². The predicted molar refractivity (Wildman–Crippen MR) is 110 cm³/mol. The molecule has 0 fully saturated rings. The van der Waals surface area contributed by atoms with Gasteiger partial charge in [-0.2, -0.15) is 0 Å². The van der Waals surface area contributed by atoms with Crippen LogP contribution in [0.2, 0.25) is 0 Å². The standard InChI is InChI=1S/C20H19FN6O3/c1-23-20(29)13-10-25-18(27-17-6-4-12(21)9-24-17)8-15(13)26-14-5-3-11(19(22)28)7-16(14)30-2/h3-10H,1-2H3,(H2,22,28)(H,23,29)(H2,24,25,26,27). The van der Waals surface area contributed by atoms with Gasteiger partial charge in [0.15, 0.2) is 0 Å². The van der Waals surface area contributed by atoms with Gasteiger partial charge in [0.05, 0.1) is 30.2 Å². The Morgan fingerprint density at radius 3 is 2.40 bits per heavy atom. The zero-order chi connectivity index (χ0) is 21.7. The molecule has 10 heteroatoms. The number of nitrogens with one attached hydrogen (secondary N) is 3. The number of methoxy groups -OCH3 is 1. The number of hydrogen-bond acceptors (Lipinski definition) is 7. The number of primary amides is 1. The Labute approximate surface area is 171 Å². The lowest BCUT2D eigenvalue weighted by Crippen LogP contribution is -2.19. The van der Waals surface area contributed by atoms with Crippen LogP contribution in [0.25, 0.3) is 0 Å². The summed E-state index contributed by atoms with van der Waals surface area (Å²) in [6, 6.07) is 8.96. The number of pyridine rings is 2. The molecule has 0 saturated carbocycles. The van der Waals surface area contributed by atoms with Crippen LogP contribution >= 0.6 is 0 Å². The Kier molecular flexibility index (Phi) is 6.06. The molecule has 0 aliphatic heterocycles. The van der Waals surface area contributed by atoms with Gasteiger partial charge in [-0.15, -0.1) is 0 Å². The molecular weight excluding hydrogens is 391 g/mol. The summed E-state index contributed by atoms with van der Waals surface area (Å²) in [5.41, 5.74) is 6.79. The number of nitrogens with zero attached hydrogens (tertiary/aromatic N) is 2. The molecule has 0 aliphatic carbocycles. The van der Waals surface area contributed by atoms with Crippen molar-refractivity contribution in [2.75, 3.05) is 24.8 Å². The molecule has 3 aromatic rings. The summed E-state index contributed by atoms with van der Waals surface area (Å²) in [6.45, 7) is 0. The zero-order valence-electron chi connectivity index (χ0n) is 16.2. The molecule has 30 heavy (non-hydrogen) atoms. The molecule has 0 bridgehead atoms. The molecule has 0 atom stereocenters. The van der Waals surface area contributed by atoms with Crippen molar-refractivity contribution in [2.45, 2.75) is 0 Å². The van der Waals surface area contributed by atoms with E-state index < -0.39 is 11.7 Å². The van der Waals surface area contributed by atoms with E-state index >= 15 is 0 Å². The molecule has 2 heterocycles. The van der Waals surface area contributed by atoms with Crippen molar-refractivity contribution in [3.05, 3.63) is 65.7 Å². The van der Waals surface area contributed by atoms with Crippen molar-refractivity contribution in [1.29, 1.82) is 0 Å². The Hall–Kier alpha value is -4.21. The minimum Gasteiger partial charge on any atom is -0.495 e. The maximum absolute atomic E-state index is 13.1. The Balaban J connectivity index is 1.97. The molecule has 154 valence electrons. The van der Waals surface area contributed by atoms with Crippen LogP contribution in [-0.2, 0) is 0 Å². The van der Waals surface area contributed by atoms with Crippen LogP contribution in [0.3, 0.4) is 0 Å². The average Bonchev–Trinajstić information content (AvgIpc) is 2.75. The van der Waals surface area contributed by atoms with Crippen LogP contribution in [0.15, 0.2) is 48.8 Å². The maximum atomic E-state index is 13.1. The van der Waals surface area contributed by atoms with Crippen molar-refractivity contribution >= 4 is 34.8 Å². The number of carbonyl (C=O) groups is 2. The fraction of sp³-hybridized carbons (Fsp3) is 0.100. The van der Waals surface area contributed by atoms with E-state index in [4.69, 9.17) is 10.5 Å². The lowest BCUT2D eigenvalue weighted by atomic mass is 10.1. The van der Waals surface area contributed by atoms with Crippen LogP contribution in [0.4, 0.5) is 27.4 Å². The van der Waals surface area contributed by atoms with E-state index in [0.717, 1.165) is 6.20 Å². The summed E-state index contributed by atoms with van der Waals surface area (Å²) in [6.07, 6.45) is 2.46. The number of ether oxygens (including phenoxy) is 1. The molecule has 0 saturated heterocycles. The van der Waals surface area contributed by atoms with E-state index in [9.17, 15) is 14.0 Å². The first-order valence-electron chi connectivity index (χ1n) is 8.77. The maximum Gasteiger partial charge on any atom is 0.254 e. The quantitative estimate of drug-likeness (QED) is 0.471. The van der Waals surface area contributed by atoms with Crippen LogP contribution in [-0.4, -0.2) is 35.9 Å². The van der Waals surface area contributed by atoms with Gasteiger partial charge in [0, 0.05) is 24.9 Å². The highest BCUT2D eigenvalue weighted by molar-refractivity contribution is 6.01. The highest BCUT2D eigenvalue weighted by atomic mass is 19.1. The summed E-state index contributed by atoms with van der Waals surface area (Å²) in [4.78, 5) is 31.8. The third-order valence-electron chi connectivity index (χ3n) is 4.11. The van der Waals surface area contributed by atoms with E-state index in [1.165, 1.54) is 44.6 Å². The second kappa shape index (κ2) is 8.86. The fourth-order valence-corrected chi connectivity index (χ4v) is 2.62. The van der Waals surface area contributed by atoms with Crippen molar-refractivity contribution in [3.8, 4) is 5.75 Å². The molecule has 2 aromatic heterocycles. The summed E-state index contributed by atoms with van der Waals surface area (Å²) >= 11 is 0. The van der Waals surface area contributed by atoms with Crippen molar-refractivity contribution in [1.82, 2.24) is 15.3 Å². The number of halogens is 1. The SMILES string of the molecule is CNC(=O)c1cnc(Nc2ccc(F)cn2)cc1Nc1ccc(C(N)=O)cc1OC.